The molecule has 0 amide bonds. The van der Waals surface area contributed by atoms with Crippen LogP contribution in [-0.4, -0.2) is 0 Å². The lowest BCUT2D eigenvalue weighted by Gasteiger charge is -2.20. The maximum atomic E-state index is 4.02. The second kappa shape index (κ2) is 5.76. The van der Waals surface area contributed by atoms with Crippen LogP contribution in [0.25, 0.3) is 0 Å². The van der Waals surface area contributed by atoms with Crippen molar-refractivity contribution in [1.29, 1.82) is 0 Å². The maximum absolute atomic E-state index is 4.02. The fraction of sp³-hybridized carbons (Fsp3) is 0.900. The van der Waals surface area contributed by atoms with Crippen molar-refractivity contribution in [1.82, 2.24) is 0 Å². The lowest BCUT2D eigenvalue weighted by Crippen LogP contribution is -2.03. The van der Waals surface area contributed by atoms with Crippen molar-refractivity contribution < 1.29 is 0 Å². The van der Waals surface area contributed by atoms with E-state index in [0.29, 0.717) is 5.92 Å². The molecule has 2 unspecified atom stereocenters. The first kappa shape index (κ1) is 10.0. The Balaban J connectivity index is 3.13. The van der Waals surface area contributed by atoms with E-state index >= 15 is 0 Å². The van der Waals surface area contributed by atoms with Gasteiger partial charge in [0.1, 0.15) is 0 Å². The minimum atomic E-state index is 0.622. The van der Waals surface area contributed by atoms with Gasteiger partial charge in [-0.15, -0.1) is 0 Å². The molecule has 0 heteroatoms. The van der Waals surface area contributed by atoms with E-state index in [1.54, 1.807) is 0 Å². The molecule has 0 aromatic heterocycles. The van der Waals surface area contributed by atoms with Crippen LogP contribution in [0.15, 0.2) is 0 Å². The van der Waals surface area contributed by atoms with Crippen molar-refractivity contribution >= 4 is 0 Å². The molecule has 0 fully saturated rings. The second-order valence-corrected chi connectivity index (χ2v) is 3.45. The van der Waals surface area contributed by atoms with Gasteiger partial charge in [-0.1, -0.05) is 52.4 Å². The number of unbranched alkanes of at least 4 members (excludes halogenated alkanes) is 2. The monoisotopic (exact) mass is 141 g/mol. The van der Waals surface area contributed by atoms with Crippen molar-refractivity contribution in [2.24, 2.45) is 11.8 Å². The molecule has 0 nitrogen and oxygen atoms in total. The van der Waals surface area contributed by atoms with Gasteiger partial charge in [-0.25, -0.2) is 0 Å². The summed E-state index contributed by atoms with van der Waals surface area (Å²) in [5.41, 5.74) is 0. The molecule has 0 spiro atoms. The van der Waals surface area contributed by atoms with E-state index in [0.717, 1.165) is 5.92 Å². The Morgan fingerprint density at radius 2 is 1.80 bits per heavy atom. The number of hydrogen-bond acceptors (Lipinski definition) is 0. The fourth-order valence-corrected chi connectivity index (χ4v) is 1.00. The van der Waals surface area contributed by atoms with E-state index < -0.39 is 0 Å². The van der Waals surface area contributed by atoms with Crippen molar-refractivity contribution in [3.8, 4) is 0 Å². The highest BCUT2D eigenvalue weighted by Gasteiger charge is 2.00. The van der Waals surface area contributed by atoms with Crippen LogP contribution in [0.4, 0.5) is 0 Å². The Hall–Kier alpha value is 0. The third-order valence-corrected chi connectivity index (χ3v) is 2.23. The molecule has 0 N–H and O–H groups in total. The Kier molecular flexibility index (Phi) is 5.76. The van der Waals surface area contributed by atoms with E-state index in [2.05, 4.69) is 27.7 Å². The highest BCUT2D eigenvalue weighted by Crippen LogP contribution is 2.16. The summed E-state index contributed by atoms with van der Waals surface area (Å²) in [5, 5.41) is 0. The fourth-order valence-electron chi connectivity index (χ4n) is 1.00. The Bertz CT molecular complexity index is 64.4. The van der Waals surface area contributed by atoms with Gasteiger partial charge in [0.2, 0.25) is 0 Å². The summed E-state index contributed by atoms with van der Waals surface area (Å²) in [6, 6.07) is 0. The smallest absolute Gasteiger partial charge is 0.0529 e. The van der Waals surface area contributed by atoms with Crippen LogP contribution in [0.3, 0.4) is 0 Å². The summed E-state index contributed by atoms with van der Waals surface area (Å²) < 4.78 is 0. The maximum Gasteiger partial charge on any atom is -0.0529 e. The van der Waals surface area contributed by atoms with Crippen LogP contribution in [0.2, 0.25) is 0 Å². The molecule has 0 radical (unpaired) electrons. The van der Waals surface area contributed by atoms with E-state index in [4.69, 9.17) is 0 Å². The van der Waals surface area contributed by atoms with Crippen molar-refractivity contribution in [3.63, 3.8) is 0 Å². The van der Waals surface area contributed by atoms with Crippen molar-refractivity contribution in [2.45, 2.75) is 46.5 Å². The lowest BCUT2D eigenvalue weighted by molar-refractivity contribution is 0.406. The Morgan fingerprint density at radius 1 is 1.20 bits per heavy atom. The van der Waals surface area contributed by atoms with Crippen LogP contribution >= 0.6 is 0 Å². The first-order valence-corrected chi connectivity index (χ1v) is 4.51. The van der Waals surface area contributed by atoms with Gasteiger partial charge < -0.3 is 6.92 Å². The molecule has 0 aromatic rings. The van der Waals surface area contributed by atoms with E-state index in [-0.39, 0.29) is 0 Å². The largest absolute Gasteiger partial charge is 0.340 e. The highest BCUT2D eigenvalue weighted by molar-refractivity contribution is 4.62. The van der Waals surface area contributed by atoms with Crippen LogP contribution in [-0.2, 0) is 0 Å². The summed E-state index contributed by atoms with van der Waals surface area (Å²) in [4.78, 5) is 0. The van der Waals surface area contributed by atoms with Crippen molar-refractivity contribution in [3.05, 3.63) is 6.92 Å². The van der Waals surface area contributed by atoms with Gasteiger partial charge in [-0.3, -0.25) is 0 Å². The molecule has 0 aliphatic carbocycles. The molecule has 0 aliphatic rings. The molecule has 2 atom stereocenters. The zero-order chi connectivity index (χ0) is 7.98. The standard InChI is InChI=1S/C10H21/c1-5-6-7-8-10(4)9(2)3/h9-10H,2,5-8H2,1,3-4H3/q-1. The molecule has 0 saturated heterocycles. The summed E-state index contributed by atoms with van der Waals surface area (Å²) in [5.74, 6) is 1.43. The predicted molar refractivity (Wildman–Crippen MR) is 47.8 cm³/mol. The normalized spacial score (nSPS) is 16.8. The van der Waals surface area contributed by atoms with Gasteiger partial charge in [-0.2, -0.15) is 5.92 Å². The van der Waals surface area contributed by atoms with Crippen LogP contribution in [0.5, 0.6) is 0 Å². The molecule has 62 valence electrons. The van der Waals surface area contributed by atoms with Crippen molar-refractivity contribution in [2.75, 3.05) is 0 Å². The second-order valence-electron chi connectivity index (χ2n) is 3.45. The van der Waals surface area contributed by atoms with E-state index in [9.17, 15) is 0 Å². The average molecular weight is 141 g/mol. The quantitative estimate of drug-likeness (QED) is 0.405. The summed E-state index contributed by atoms with van der Waals surface area (Å²) in [7, 11) is 0. The molecular weight excluding hydrogens is 120 g/mol. The van der Waals surface area contributed by atoms with Gasteiger partial charge in [0, 0.05) is 0 Å². The van der Waals surface area contributed by atoms with E-state index in [1.165, 1.54) is 25.7 Å². The minimum Gasteiger partial charge on any atom is -0.340 e. The Labute approximate surface area is 66.0 Å². The minimum absolute atomic E-state index is 0.622. The van der Waals surface area contributed by atoms with Crippen LogP contribution < -0.4 is 0 Å². The number of hydrogen-bond donors (Lipinski definition) is 0. The van der Waals surface area contributed by atoms with Gasteiger partial charge in [0.15, 0.2) is 0 Å². The number of rotatable bonds is 5. The molecule has 0 bridgehead atoms. The van der Waals surface area contributed by atoms with Gasteiger partial charge in [0.25, 0.3) is 0 Å². The predicted octanol–water partition coefficient (Wildman–Crippen LogP) is 3.67. The first-order valence-electron chi connectivity index (χ1n) is 4.51. The summed E-state index contributed by atoms with van der Waals surface area (Å²) >= 11 is 0. The third-order valence-electron chi connectivity index (χ3n) is 2.23. The molecule has 0 rings (SSSR count). The molecule has 0 heterocycles. The zero-order valence-corrected chi connectivity index (χ0v) is 7.69. The highest BCUT2D eigenvalue weighted by atomic mass is 14.1. The molecule has 0 aliphatic heterocycles. The zero-order valence-electron chi connectivity index (χ0n) is 7.69. The average Bonchev–Trinajstić information content (AvgIpc) is 1.88. The van der Waals surface area contributed by atoms with Gasteiger partial charge in [0.05, 0.1) is 0 Å². The first-order chi connectivity index (χ1) is 4.68. The van der Waals surface area contributed by atoms with Gasteiger partial charge >= 0.3 is 0 Å². The molecular formula is C10H21-. The van der Waals surface area contributed by atoms with Crippen LogP contribution in [0.1, 0.15) is 46.5 Å². The SMILES string of the molecule is [CH2-]C(C)C(C)CCCCC. The van der Waals surface area contributed by atoms with Crippen LogP contribution in [0, 0.1) is 18.8 Å². The molecule has 0 saturated carbocycles. The van der Waals surface area contributed by atoms with E-state index in [1.807, 2.05) is 0 Å². The molecule has 0 aromatic carbocycles. The Morgan fingerprint density at radius 3 is 2.20 bits per heavy atom. The summed E-state index contributed by atoms with van der Waals surface area (Å²) in [6.07, 6.45) is 5.46. The van der Waals surface area contributed by atoms with Gasteiger partial charge in [-0.05, 0) is 0 Å². The topological polar surface area (TPSA) is 0 Å². The summed E-state index contributed by atoms with van der Waals surface area (Å²) in [6.45, 7) is 10.8. The third kappa shape index (κ3) is 4.84. The lowest BCUT2D eigenvalue weighted by atomic mass is 9.92. The molecule has 10 heavy (non-hydrogen) atoms.